The molecule has 1 N–H and O–H groups in total. The van der Waals surface area contributed by atoms with E-state index < -0.39 is 11.7 Å². The summed E-state index contributed by atoms with van der Waals surface area (Å²) < 4.78 is 33.3. The van der Waals surface area contributed by atoms with Crippen molar-refractivity contribution in [2.24, 2.45) is 5.92 Å². The molecule has 0 spiro atoms. The molecule has 0 unspecified atom stereocenters. The Morgan fingerprint density at radius 3 is 2.62 bits per heavy atom. The summed E-state index contributed by atoms with van der Waals surface area (Å²) in [4.78, 5) is 14.1. The van der Waals surface area contributed by atoms with Gasteiger partial charge in [-0.3, -0.25) is 4.79 Å². The van der Waals surface area contributed by atoms with Crippen molar-refractivity contribution in [1.29, 1.82) is 0 Å². The maximum Gasteiger partial charge on any atom is 0.256 e. The van der Waals surface area contributed by atoms with Gasteiger partial charge in [-0.25, -0.2) is 8.78 Å². The maximum absolute atomic E-state index is 14.5. The van der Waals surface area contributed by atoms with Gasteiger partial charge in [-0.15, -0.1) is 0 Å². The molecule has 2 aromatic carbocycles. The predicted octanol–water partition coefficient (Wildman–Crippen LogP) is 3.52. The molecule has 0 bridgehead atoms. The van der Waals surface area contributed by atoms with Crippen LogP contribution in [-0.2, 0) is 0 Å². The Hall–Kier alpha value is -3.29. The van der Waals surface area contributed by atoms with E-state index in [0.29, 0.717) is 12.4 Å². The number of halogens is 2. The van der Waals surface area contributed by atoms with Gasteiger partial charge in [0.25, 0.3) is 5.91 Å². The van der Waals surface area contributed by atoms with Crippen LogP contribution in [0.4, 0.5) is 8.78 Å². The molecule has 4 rings (SSSR count). The summed E-state index contributed by atoms with van der Waals surface area (Å²) in [6, 6.07) is 10.0. The molecule has 0 saturated heterocycles. The fourth-order valence-corrected chi connectivity index (χ4v) is 3.65. The zero-order chi connectivity index (χ0) is 20.2. The van der Waals surface area contributed by atoms with Crippen molar-refractivity contribution < 1.29 is 18.3 Å². The van der Waals surface area contributed by atoms with Crippen LogP contribution in [0.25, 0.3) is 5.69 Å². The van der Waals surface area contributed by atoms with Crippen molar-refractivity contribution in [3.05, 3.63) is 72.1 Å². The average Bonchev–Trinajstić information content (AvgIpc) is 3.39. The van der Waals surface area contributed by atoms with Crippen molar-refractivity contribution >= 4 is 5.91 Å². The van der Waals surface area contributed by atoms with E-state index in [1.165, 1.54) is 41.5 Å². The highest BCUT2D eigenvalue weighted by Crippen LogP contribution is 2.28. The summed E-state index contributed by atoms with van der Waals surface area (Å²) in [7, 11) is 0. The zero-order valence-electron chi connectivity index (χ0n) is 15.6. The van der Waals surface area contributed by atoms with Crippen molar-refractivity contribution in [3.63, 3.8) is 0 Å². The third-order valence-electron chi connectivity index (χ3n) is 5.11. The molecule has 1 aromatic heterocycles. The Kier molecular flexibility index (Phi) is 5.50. The number of benzene rings is 2. The minimum absolute atomic E-state index is 0.0852. The summed E-state index contributed by atoms with van der Waals surface area (Å²) in [5, 5.41) is 10.9. The SMILES string of the molecule is O=C(N[C@H]1CCC[C@@H]1COc1ccc(F)cc1)c1c(F)cccc1-n1nccn1. The third kappa shape index (κ3) is 4.26. The van der Waals surface area contributed by atoms with Crippen molar-refractivity contribution in [2.45, 2.75) is 25.3 Å². The number of nitrogens with zero attached hydrogens (tertiary/aromatic N) is 3. The molecule has 0 radical (unpaired) electrons. The summed E-state index contributed by atoms with van der Waals surface area (Å²) in [5.74, 6) is -0.800. The second kappa shape index (κ2) is 8.38. The van der Waals surface area contributed by atoms with Gasteiger partial charge in [0.2, 0.25) is 0 Å². The maximum atomic E-state index is 14.5. The van der Waals surface area contributed by atoms with Gasteiger partial charge in [0, 0.05) is 12.0 Å². The van der Waals surface area contributed by atoms with Crippen LogP contribution in [0.2, 0.25) is 0 Å². The highest BCUT2D eigenvalue weighted by molar-refractivity contribution is 5.98. The van der Waals surface area contributed by atoms with Crippen LogP contribution in [0.3, 0.4) is 0 Å². The molecule has 6 nitrogen and oxygen atoms in total. The number of nitrogens with one attached hydrogen (secondary N) is 1. The van der Waals surface area contributed by atoms with Crippen LogP contribution < -0.4 is 10.1 Å². The Morgan fingerprint density at radius 2 is 1.86 bits per heavy atom. The Labute approximate surface area is 166 Å². The van der Waals surface area contributed by atoms with Crippen LogP contribution in [-0.4, -0.2) is 33.5 Å². The number of carbonyl (C=O) groups is 1. The van der Waals surface area contributed by atoms with Gasteiger partial charge in [0.05, 0.1) is 19.0 Å². The predicted molar refractivity (Wildman–Crippen MR) is 102 cm³/mol. The first-order valence-corrected chi connectivity index (χ1v) is 9.46. The fraction of sp³-hybridized carbons (Fsp3) is 0.286. The molecule has 150 valence electrons. The number of aromatic nitrogens is 3. The smallest absolute Gasteiger partial charge is 0.256 e. The molecule has 1 fully saturated rings. The highest BCUT2D eigenvalue weighted by atomic mass is 19.1. The number of hydrogen-bond acceptors (Lipinski definition) is 4. The van der Waals surface area contributed by atoms with Crippen LogP contribution >= 0.6 is 0 Å². The lowest BCUT2D eigenvalue weighted by atomic mass is 10.0. The first-order chi connectivity index (χ1) is 14.1. The van der Waals surface area contributed by atoms with E-state index in [4.69, 9.17) is 4.74 Å². The first kappa shape index (κ1) is 19.0. The topological polar surface area (TPSA) is 69.0 Å². The Bertz CT molecular complexity index is 977. The molecule has 8 heteroatoms. The van der Waals surface area contributed by atoms with Gasteiger partial charge in [0.15, 0.2) is 0 Å². The van der Waals surface area contributed by atoms with E-state index in [1.807, 2.05) is 0 Å². The van der Waals surface area contributed by atoms with E-state index in [0.717, 1.165) is 19.3 Å². The molecule has 1 aliphatic rings. The summed E-state index contributed by atoms with van der Waals surface area (Å²) in [5.41, 5.74) is 0.193. The first-order valence-electron chi connectivity index (χ1n) is 9.46. The molecular formula is C21H20F2N4O2. The molecule has 3 aromatic rings. The zero-order valence-corrected chi connectivity index (χ0v) is 15.6. The molecule has 1 heterocycles. The molecule has 1 saturated carbocycles. The van der Waals surface area contributed by atoms with Crippen LogP contribution in [0.5, 0.6) is 5.75 Å². The lowest BCUT2D eigenvalue weighted by Crippen LogP contribution is -2.40. The number of hydrogen-bond donors (Lipinski definition) is 1. The largest absolute Gasteiger partial charge is 0.493 e. The lowest BCUT2D eigenvalue weighted by molar-refractivity contribution is 0.0914. The second-order valence-electron chi connectivity index (χ2n) is 6.99. The molecule has 1 aliphatic carbocycles. The summed E-state index contributed by atoms with van der Waals surface area (Å²) >= 11 is 0. The molecule has 2 atom stereocenters. The average molecular weight is 398 g/mol. The van der Waals surface area contributed by atoms with Gasteiger partial charge < -0.3 is 10.1 Å². The fourth-order valence-electron chi connectivity index (χ4n) is 3.65. The van der Waals surface area contributed by atoms with Gasteiger partial charge in [-0.1, -0.05) is 12.5 Å². The monoisotopic (exact) mass is 398 g/mol. The third-order valence-corrected chi connectivity index (χ3v) is 5.11. The number of ether oxygens (including phenoxy) is 1. The molecule has 1 amide bonds. The van der Waals surface area contributed by atoms with Gasteiger partial charge in [-0.2, -0.15) is 15.0 Å². The van der Waals surface area contributed by atoms with E-state index in [9.17, 15) is 13.6 Å². The van der Waals surface area contributed by atoms with Gasteiger partial charge >= 0.3 is 0 Å². The van der Waals surface area contributed by atoms with Gasteiger partial charge in [0.1, 0.15) is 28.6 Å². The number of carbonyl (C=O) groups excluding carboxylic acids is 1. The van der Waals surface area contributed by atoms with Crippen LogP contribution in [0.15, 0.2) is 54.9 Å². The standard InChI is InChI=1S/C21H20F2N4O2/c22-15-7-9-16(10-8-15)29-13-14-3-1-5-18(14)26-21(28)20-17(23)4-2-6-19(20)27-24-11-12-25-27/h2,4,6-12,14,18H,1,3,5,13H2,(H,26,28)/t14-,18+/m1/s1. The minimum atomic E-state index is -0.630. The van der Waals surface area contributed by atoms with Crippen molar-refractivity contribution in [3.8, 4) is 11.4 Å². The number of amides is 1. The Morgan fingerprint density at radius 1 is 1.10 bits per heavy atom. The Balaban J connectivity index is 1.46. The van der Waals surface area contributed by atoms with E-state index >= 15 is 0 Å². The van der Waals surface area contributed by atoms with Crippen LogP contribution in [0, 0.1) is 17.6 Å². The molecule has 0 aliphatic heterocycles. The lowest BCUT2D eigenvalue weighted by Gasteiger charge is -2.22. The minimum Gasteiger partial charge on any atom is -0.493 e. The number of rotatable bonds is 6. The summed E-state index contributed by atoms with van der Waals surface area (Å²) in [6.07, 6.45) is 5.54. The summed E-state index contributed by atoms with van der Waals surface area (Å²) in [6.45, 7) is 0.390. The van der Waals surface area contributed by atoms with Crippen LogP contribution in [0.1, 0.15) is 29.6 Å². The van der Waals surface area contributed by atoms with E-state index in [-0.39, 0.29) is 29.0 Å². The van der Waals surface area contributed by atoms with E-state index in [2.05, 4.69) is 15.5 Å². The van der Waals surface area contributed by atoms with Crippen molar-refractivity contribution in [1.82, 2.24) is 20.3 Å². The highest BCUT2D eigenvalue weighted by Gasteiger charge is 2.31. The molecular weight excluding hydrogens is 378 g/mol. The normalized spacial score (nSPS) is 18.6. The second-order valence-corrected chi connectivity index (χ2v) is 6.99. The van der Waals surface area contributed by atoms with E-state index in [1.54, 1.807) is 18.2 Å². The van der Waals surface area contributed by atoms with Crippen molar-refractivity contribution in [2.75, 3.05) is 6.61 Å². The quantitative estimate of drug-likeness (QED) is 0.690. The molecule has 29 heavy (non-hydrogen) atoms. The van der Waals surface area contributed by atoms with Gasteiger partial charge in [-0.05, 0) is 49.2 Å².